The maximum atomic E-state index is 5.95. The molecule has 3 heteroatoms. The number of nitrogens with zero attached hydrogens (tertiary/aromatic N) is 1. The highest BCUT2D eigenvalue weighted by atomic mass is 16.5. The number of ether oxygens (including phenoxy) is 2. The van der Waals surface area contributed by atoms with Crippen LogP contribution in [-0.4, -0.2) is 12.8 Å². The summed E-state index contributed by atoms with van der Waals surface area (Å²) in [6.45, 7) is 3.17. The second-order valence-corrected chi connectivity index (χ2v) is 5.50. The Morgan fingerprint density at radius 1 is 0.800 bits per heavy atom. The van der Waals surface area contributed by atoms with Crippen LogP contribution in [0.2, 0.25) is 0 Å². The minimum absolute atomic E-state index is 0.536. The summed E-state index contributed by atoms with van der Waals surface area (Å²) in [5, 5.41) is 0. The fourth-order valence-corrected chi connectivity index (χ4v) is 2.39. The second kappa shape index (κ2) is 8.69. The van der Waals surface area contributed by atoms with Crippen LogP contribution in [0.1, 0.15) is 18.1 Å². The van der Waals surface area contributed by atoms with Crippen molar-refractivity contribution < 1.29 is 9.47 Å². The Morgan fingerprint density at radius 2 is 1.52 bits per heavy atom. The summed E-state index contributed by atoms with van der Waals surface area (Å²) in [6, 6.07) is 25.8. The molecule has 0 aliphatic carbocycles. The highest BCUT2D eigenvalue weighted by Crippen LogP contribution is 2.21. The van der Waals surface area contributed by atoms with Crippen molar-refractivity contribution in [1.29, 1.82) is 0 Å². The van der Waals surface area contributed by atoms with E-state index in [2.05, 4.69) is 17.1 Å². The Hall–Kier alpha value is -3.07. The Bertz CT molecular complexity index is 811. The Kier molecular flexibility index (Phi) is 5.83. The van der Waals surface area contributed by atoms with Crippen LogP contribution >= 0.6 is 0 Å². The molecule has 0 heterocycles. The van der Waals surface area contributed by atoms with Crippen molar-refractivity contribution in [2.45, 2.75) is 13.5 Å². The predicted octanol–water partition coefficient (Wildman–Crippen LogP) is 5.41. The van der Waals surface area contributed by atoms with Crippen molar-refractivity contribution in [3.63, 3.8) is 0 Å². The molecule has 0 radical (unpaired) electrons. The maximum Gasteiger partial charge on any atom is 0.128 e. The van der Waals surface area contributed by atoms with Gasteiger partial charge < -0.3 is 9.47 Å². The number of aliphatic imine (C=N–C) groups is 1. The number of rotatable bonds is 7. The van der Waals surface area contributed by atoms with Crippen molar-refractivity contribution >= 4 is 11.9 Å². The van der Waals surface area contributed by atoms with Crippen LogP contribution in [0.4, 0.5) is 5.69 Å². The van der Waals surface area contributed by atoms with Gasteiger partial charge in [-0.3, -0.25) is 4.99 Å². The lowest BCUT2D eigenvalue weighted by atomic mass is 10.2. The molecular formula is C22H21NO2. The van der Waals surface area contributed by atoms with E-state index in [4.69, 9.17) is 9.47 Å². The van der Waals surface area contributed by atoms with Crippen LogP contribution in [0.15, 0.2) is 83.9 Å². The highest BCUT2D eigenvalue weighted by Gasteiger charge is 2.01. The van der Waals surface area contributed by atoms with Gasteiger partial charge in [-0.2, -0.15) is 0 Å². The topological polar surface area (TPSA) is 30.8 Å². The summed E-state index contributed by atoms with van der Waals surface area (Å²) in [7, 11) is 0. The second-order valence-electron chi connectivity index (χ2n) is 5.50. The molecule has 0 atom stereocenters. The first-order chi connectivity index (χ1) is 12.3. The third-order valence-corrected chi connectivity index (χ3v) is 3.66. The van der Waals surface area contributed by atoms with E-state index in [9.17, 15) is 0 Å². The molecule has 0 N–H and O–H groups in total. The van der Waals surface area contributed by atoms with Gasteiger partial charge in [0.15, 0.2) is 0 Å². The summed E-state index contributed by atoms with van der Waals surface area (Å²) in [6.07, 6.45) is 1.83. The van der Waals surface area contributed by atoms with Gasteiger partial charge in [-0.05, 0) is 48.9 Å². The van der Waals surface area contributed by atoms with E-state index < -0.39 is 0 Å². The molecule has 0 bridgehead atoms. The van der Waals surface area contributed by atoms with E-state index in [0.717, 1.165) is 28.3 Å². The lowest BCUT2D eigenvalue weighted by molar-refractivity contribution is 0.306. The maximum absolute atomic E-state index is 5.95. The molecule has 0 aromatic heterocycles. The van der Waals surface area contributed by atoms with E-state index in [0.29, 0.717) is 13.2 Å². The van der Waals surface area contributed by atoms with Crippen LogP contribution in [-0.2, 0) is 6.61 Å². The van der Waals surface area contributed by atoms with Crippen molar-refractivity contribution in [1.82, 2.24) is 0 Å². The van der Waals surface area contributed by atoms with E-state index >= 15 is 0 Å². The van der Waals surface area contributed by atoms with E-state index in [1.165, 1.54) is 0 Å². The van der Waals surface area contributed by atoms with Crippen molar-refractivity contribution in [3.05, 3.63) is 90.0 Å². The Balaban J connectivity index is 1.69. The monoisotopic (exact) mass is 331 g/mol. The average molecular weight is 331 g/mol. The quantitative estimate of drug-likeness (QED) is 0.542. The van der Waals surface area contributed by atoms with Gasteiger partial charge in [0.05, 0.1) is 12.3 Å². The van der Waals surface area contributed by atoms with Crippen molar-refractivity contribution in [2.75, 3.05) is 6.61 Å². The molecule has 3 rings (SSSR count). The lowest BCUT2D eigenvalue weighted by Gasteiger charge is -2.09. The fraction of sp³-hybridized carbons (Fsp3) is 0.136. The van der Waals surface area contributed by atoms with Crippen molar-refractivity contribution in [2.24, 2.45) is 4.99 Å². The molecule has 3 aromatic rings. The summed E-state index contributed by atoms with van der Waals surface area (Å²) in [5.74, 6) is 1.68. The molecule has 0 spiro atoms. The van der Waals surface area contributed by atoms with Gasteiger partial charge in [-0.25, -0.2) is 0 Å². The predicted molar refractivity (Wildman–Crippen MR) is 102 cm³/mol. The molecule has 0 aliphatic heterocycles. The summed E-state index contributed by atoms with van der Waals surface area (Å²) >= 11 is 0. The first kappa shape index (κ1) is 16.8. The van der Waals surface area contributed by atoms with Gasteiger partial charge in [0.2, 0.25) is 0 Å². The SMILES string of the molecule is CCOc1ccc(N=Cc2ccccc2OCc2ccccc2)cc1. The van der Waals surface area contributed by atoms with Gasteiger partial charge in [-0.1, -0.05) is 42.5 Å². The van der Waals surface area contributed by atoms with Crippen LogP contribution in [0, 0.1) is 0 Å². The van der Waals surface area contributed by atoms with E-state index in [1.807, 2.05) is 79.9 Å². The van der Waals surface area contributed by atoms with Crippen LogP contribution in [0.25, 0.3) is 0 Å². The lowest BCUT2D eigenvalue weighted by Crippen LogP contribution is -1.98. The Labute approximate surface area is 148 Å². The molecule has 25 heavy (non-hydrogen) atoms. The van der Waals surface area contributed by atoms with Gasteiger partial charge in [0, 0.05) is 11.8 Å². The third kappa shape index (κ3) is 4.95. The van der Waals surface area contributed by atoms with Crippen LogP contribution < -0.4 is 9.47 Å². The summed E-state index contributed by atoms with van der Waals surface area (Å²) in [5.41, 5.74) is 2.97. The van der Waals surface area contributed by atoms with Gasteiger partial charge in [-0.15, -0.1) is 0 Å². The minimum atomic E-state index is 0.536. The molecule has 0 amide bonds. The van der Waals surface area contributed by atoms with Crippen LogP contribution in [0.5, 0.6) is 11.5 Å². The highest BCUT2D eigenvalue weighted by molar-refractivity contribution is 5.85. The molecule has 0 fully saturated rings. The first-order valence-corrected chi connectivity index (χ1v) is 8.38. The Morgan fingerprint density at radius 3 is 2.28 bits per heavy atom. The normalized spacial score (nSPS) is 10.8. The van der Waals surface area contributed by atoms with E-state index in [-0.39, 0.29) is 0 Å². The summed E-state index contributed by atoms with van der Waals surface area (Å²) in [4.78, 5) is 4.53. The van der Waals surface area contributed by atoms with Gasteiger partial charge in [0.1, 0.15) is 18.1 Å². The number of benzene rings is 3. The van der Waals surface area contributed by atoms with Gasteiger partial charge in [0.25, 0.3) is 0 Å². The smallest absolute Gasteiger partial charge is 0.128 e. The molecule has 3 nitrogen and oxygen atoms in total. The molecule has 0 saturated heterocycles. The summed E-state index contributed by atoms with van der Waals surface area (Å²) < 4.78 is 11.4. The minimum Gasteiger partial charge on any atom is -0.494 e. The van der Waals surface area contributed by atoms with E-state index in [1.54, 1.807) is 0 Å². The average Bonchev–Trinajstić information content (AvgIpc) is 2.67. The zero-order valence-corrected chi connectivity index (χ0v) is 14.3. The standard InChI is InChI=1S/C22H21NO2/c1-2-24-21-14-12-20(13-15-21)23-16-19-10-6-7-11-22(19)25-17-18-8-4-3-5-9-18/h3-16H,2,17H2,1H3. The molecule has 126 valence electrons. The van der Waals surface area contributed by atoms with Gasteiger partial charge >= 0.3 is 0 Å². The zero-order valence-electron chi connectivity index (χ0n) is 14.3. The van der Waals surface area contributed by atoms with Crippen molar-refractivity contribution in [3.8, 4) is 11.5 Å². The van der Waals surface area contributed by atoms with Crippen LogP contribution in [0.3, 0.4) is 0 Å². The molecule has 0 saturated carbocycles. The molecule has 3 aromatic carbocycles. The number of para-hydroxylation sites is 1. The fourth-order valence-electron chi connectivity index (χ4n) is 2.39. The zero-order chi connectivity index (χ0) is 17.3. The first-order valence-electron chi connectivity index (χ1n) is 8.38. The largest absolute Gasteiger partial charge is 0.494 e. The molecule has 0 aliphatic rings. The third-order valence-electron chi connectivity index (χ3n) is 3.66. The molecular weight excluding hydrogens is 310 g/mol. The number of hydrogen-bond donors (Lipinski definition) is 0. The molecule has 0 unspecified atom stereocenters. The number of hydrogen-bond acceptors (Lipinski definition) is 3.